The second-order valence-corrected chi connectivity index (χ2v) is 7.61. The lowest BCUT2D eigenvalue weighted by Crippen LogP contribution is -2.34. The van der Waals surface area contributed by atoms with Crippen LogP contribution in [0.5, 0.6) is 11.5 Å². The van der Waals surface area contributed by atoms with Crippen molar-refractivity contribution in [2.75, 3.05) is 38.7 Å². The molecule has 164 valence electrons. The normalized spacial score (nSPS) is 14.5. The molecule has 1 fully saturated rings. The largest absolute Gasteiger partial charge is 0.487 e. The molecule has 0 radical (unpaired) electrons. The number of anilines is 2. The third-order valence-corrected chi connectivity index (χ3v) is 5.30. The Balaban J connectivity index is 1.68. The summed E-state index contributed by atoms with van der Waals surface area (Å²) in [5.74, 6) is 1.32. The highest BCUT2D eigenvalue weighted by molar-refractivity contribution is 6.31. The SMILES string of the molecule is COCCOc1cc2ncnc(Nc3ccc(F)c(Cl)c3)c2cc1OC1CCNCC1. The number of rotatable bonds is 8. The number of methoxy groups -OCH3 is 1. The van der Waals surface area contributed by atoms with Crippen molar-refractivity contribution in [2.45, 2.75) is 18.9 Å². The molecule has 0 aliphatic carbocycles. The Kier molecular flexibility index (Phi) is 7.01. The fraction of sp³-hybridized carbons (Fsp3) is 0.364. The fourth-order valence-corrected chi connectivity index (χ4v) is 3.59. The van der Waals surface area contributed by atoms with Gasteiger partial charge in [0, 0.05) is 24.2 Å². The summed E-state index contributed by atoms with van der Waals surface area (Å²) in [5, 5.41) is 7.32. The molecular weight excluding hydrogens is 423 g/mol. The number of ether oxygens (including phenoxy) is 3. The van der Waals surface area contributed by atoms with E-state index >= 15 is 0 Å². The van der Waals surface area contributed by atoms with Gasteiger partial charge in [0.1, 0.15) is 30.7 Å². The number of hydrogen-bond acceptors (Lipinski definition) is 7. The summed E-state index contributed by atoms with van der Waals surface area (Å²) in [5.41, 5.74) is 1.31. The van der Waals surface area contributed by atoms with E-state index < -0.39 is 5.82 Å². The average Bonchev–Trinajstić information content (AvgIpc) is 2.78. The van der Waals surface area contributed by atoms with Crippen LogP contribution in [0, 0.1) is 5.82 Å². The van der Waals surface area contributed by atoms with Crippen molar-refractivity contribution in [2.24, 2.45) is 0 Å². The maximum Gasteiger partial charge on any atom is 0.163 e. The van der Waals surface area contributed by atoms with Gasteiger partial charge in [-0.3, -0.25) is 0 Å². The number of nitrogens with one attached hydrogen (secondary N) is 2. The van der Waals surface area contributed by atoms with Crippen molar-refractivity contribution in [3.63, 3.8) is 0 Å². The molecule has 0 bridgehead atoms. The molecule has 0 spiro atoms. The summed E-state index contributed by atoms with van der Waals surface area (Å²) in [6.07, 6.45) is 3.39. The van der Waals surface area contributed by atoms with E-state index in [1.54, 1.807) is 13.2 Å². The first-order chi connectivity index (χ1) is 15.1. The lowest BCUT2D eigenvalue weighted by Gasteiger charge is -2.25. The molecule has 4 rings (SSSR count). The topological polar surface area (TPSA) is 77.5 Å². The second kappa shape index (κ2) is 10.1. The van der Waals surface area contributed by atoms with E-state index in [0.29, 0.717) is 41.7 Å². The highest BCUT2D eigenvalue weighted by Crippen LogP contribution is 2.36. The van der Waals surface area contributed by atoms with Gasteiger partial charge in [-0.1, -0.05) is 11.6 Å². The molecule has 0 saturated carbocycles. The van der Waals surface area contributed by atoms with E-state index in [2.05, 4.69) is 20.6 Å². The number of nitrogens with zero attached hydrogens (tertiary/aromatic N) is 2. The zero-order valence-corrected chi connectivity index (χ0v) is 17.9. The standard InChI is InChI=1S/C22H24ClFN4O3/c1-29-8-9-30-20-12-19-16(11-21(20)31-15-4-6-25-7-5-15)22(27-13-26-19)28-14-2-3-18(24)17(23)10-14/h2-3,10-13,15,25H,4-9H2,1H3,(H,26,27,28). The summed E-state index contributed by atoms with van der Waals surface area (Å²) in [6.45, 7) is 2.69. The van der Waals surface area contributed by atoms with Gasteiger partial charge in [0.05, 0.1) is 17.1 Å². The molecule has 0 unspecified atom stereocenters. The van der Waals surface area contributed by atoms with Crippen LogP contribution >= 0.6 is 11.6 Å². The van der Waals surface area contributed by atoms with Crippen LogP contribution < -0.4 is 20.1 Å². The monoisotopic (exact) mass is 446 g/mol. The summed E-state index contributed by atoms with van der Waals surface area (Å²) in [6, 6.07) is 8.14. The Morgan fingerprint density at radius 3 is 2.74 bits per heavy atom. The molecule has 3 aromatic rings. The van der Waals surface area contributed by atoms with Crippen molar-refractivity contribution in [1.82, 2.24) is 15.3 Å². The Morgan fingerprint density at radius 2 is 1.97 bits per heavy atom. The Bertz CT molecular complexity index is 1050. The number of benzene rings is 2. The summed E-state index contributed by atoms with van der Waals surface area (Å²) >= 11 is 5.91. The van der Waals surface area contributed by atoms with Crippen molar-refractivity contribution in [1.29, 1.82) is 0 Å². The molecule has 2 heterocycles. The zero-order chi connectivity index (χ0) is 21.6. The van der Waals surface area contributed by atoms with Crippen molar-refractivity contribution < 1.29 is 18.6 Å². The molecule has 0 amide bonds. The maximum absolute atomic E-state index is 13.5. The number of halogens is 2. The number of piperidine rings is 1. The molecule has 1 saturated heterocycles. The minimum atomic E-state index is -0.477. The molecule has 1 aliphatic rings. The van der Waals surface area contributed by atoms with Crippen LogP contribution in [0.25, 0.3) is 10.9 Å². The third kappa shape index (κ3) is 5.33. The van der Waals surface area contributed by atoms with Crippen LogP contribution in [-0.4, -0.2) is 49.5 Å². The third-order valence-electron chi connectivity index (χ3n) is 5.01. The summed E-state index contributed by atoms with van der Waals surface area (Å²) < 4.78 is 30.8. The average molecular weight is 447 g/mol. The molecule has 2 aromatic carbocycles. The minimum Gasteiger partial charge on any atom is -0.487 e. The van der Waals surface area contributed by atoms with Gasteiger partial charge < -0.3 is 24.8 Å². The van der Waals surface area contributed by atoms with Gasteiger partial charge in [-0.15, -0.1) is 0 Å². The molecule has 1 aromatic heterocycles. The van der Waals surface area contributed by atoms with E-state index in [4.69, 9.17) is 25.8 Å². The second-order valence-electron chi connectivity index (χ2n) is 7.20. The highest BCUT2D eigenvalue weighted by Gasteiger charge is 2.19. The van der Waals surface area contributed by atoms with Crippen LogP contribution in [-0.2, 0) is 4.74 Å². The first-order valence-electron chi connectivity index (χ1n) is 10.1. The molecule has 0 atom stereocenters. The predicted octanol–water partition coefficient (Wildman–Crippen LogP) is 4.32. The fourth-order valence-electron chi connectivity index (χ4n) is 3.41. The molecule has 2 N–H and O–H groups in total. The molecule has 1 aliphatic heterocycles. The minimum absolute atomic E-state index is 0.0344. The van der Waals surface area contributed by atoms with Crippen LogP contribution in [0.3, 0.4) is 0 Å². The van der Waals surface area contributed by atoms with E-state index in [9.17, 15) is 4.39 Å². The molecular formula is C22H24ClFN4O3. The van der Waals surface area contributed by atoms with E-state index in [-0.39, 0.29) is 11.1 Å². The van der Waals surface area contributed by atoms with Gasteiger partial charge in [-0.2, -0.15) is 0 Å². The van der Waals surface area contributed by atoms with Crippen LogP contribution in [0.4, 0.5) is 15.9 Å². The Morgan fingerprint density at radius 1 is 1.13 bits per heavy atom. The van der Waals surface area contributed by atoms with Crippen LogP contribution in [0.1, 0.15) is 12.8 Å². The highest BCUT2D eigenvalue weighted by atomic mass is 35.5. The number of hydrogen-bond donors (Lipinski definition) is 2. The Hall–Kier alpha value is -2.68. The van der Waals surface area contributed by atoms with E-state index in [0.717, 1.165) is 31.3 Å². The smallest absolute Gasteiger partial charge is 0.163 e. The number of aromatic nitrogens is 2. The van der Waals surface area contributed by atoms with Gasteiger partial charge in [-0.05, 0) is 50.2 Å². The van der Waals surface area contributed by atoms with Crippen molar-refractivity contribution in [3.05, 3.63) is 47.5 Å². The van der Waals surface area contributed by atoms with Crippen LogP contribution in [0.2, 0.25) is 5.02 Å². The maximum atomic E-state index is 13.5. The zero-order valence-electron chi connectivity index (χ0n) is 17.2. The van der Waals surface area contributed by atoms with Gasteiger partial charge in [0.2, 0.25) is 0 Å². The van der Waals surface area contributed by atoms with Crippen LogP contribution in [0.15, 0.2) is 36.7 Å². The quantitative estimate of drug-likeness (QED) is 0.499. The van der Waals surface area contributed by atoms with E-state index in [1.807, 2.05) is 12.1 Å². The summed E-state index contributed by atoms with van der Waals surface area (Å²) in [4.78, 5) is 8.74. The van der Waals surface area contributed by atoms with Gasteiger partial charge in [-0.25, -0.2) is 14.4 Å². The summed E-state index contributed by atoms with van der Waals surface area (Å²) in [7, 11) is 1.63. The lowest BCUT2D eigenvalue weighted by molar-refractivity contribution is 0.132. The predicted molar refractivity (Wildman–Crippen MR) is 118 cm³/mol. The first-order valence-corrected chi connectivity index (χ1v) is 10.5. The Labute approximate surface area is 184 Å². The molecule has 9 heteroatoms. The van der Waals surface area contributed by atoms with Crippen molar-refractivity contribution >= 4 is 34.0 Å². The number of fused-ring (bicyclic) bond motifs is 1. The van der Waals surface area contributed by atoms with Crippen molar-refractivity contribution in [3.8, 4) is 11.5 Å². The first kappa shape index (κ1) is 21.5. The van der Waals surface area contributed by atoms with E-state index in [1.165, 1.54) is 18.5 Å². The van der Waals surface area contributed by atoms with Gasteiger partial charge in [0.25, 0.3) is 0 Å². The van der Waals surface area contributed by atoms with Gasteiger partial charge >= 0.3 is 0 Å². The van der Waals surface area contributed by atoms with Gasteiger partial charge in [0.15, 0.2) is 11.5 Å². The molecule has 7 nitrogen and oxygen atoms in total. The lowest BCUT2D eigenvalue weighted by atomic mass is 10.1. The molecule has 31 heavy (non-hydrogen) atoms.